The normalized spacial score (nSPS) is 15.8. The van der Waals surface area contributed by atoms with Crippen molar-refractivity contribution in [1.82, 2.24) is 13.9 Å². The van der Waals surface area contributed by atoms with E-state index in [0.29, 0.717) is 5.70 Å². The van der Waals surface area contributed by atoms with E-state index in [2.05, 4.69) is 9.44 Å². The molecule has 0 saturated carbocycles. The standard InChI is InChI=1S/C23H23FN4O3S2/c1-15-6-11-19(23(29)27(3)16(2)17-7-9-18(24)10-8-17)20(13-15)26-33(30,31)22-5-4-12-28-21(22)14-25-32-28/h4-14,16,25-26H,1-3H3. The van der Waals surface area contributed by atoms with Crippen molar-refractivity contribution >= 4 is 33.8 Å². The molecule has 172 valence electrons. The van der Waals surface area contributed by atoms with Crippen LogP contribution in [-0.4, -0.2) is 30.6 Å². The number of carbonyl (C=O) groups excluding carboxylic acids is 1. The van der Waals surface area contributed by atoms with Crippen molar-refractivity contribution in [3.8, 4) is 0 Å². The van der Waals surface area contributed by atoms with Gasteiger partial charge in [-0.2, -0.15) is 0 Å². The monoisotopic (exact) mass is 486 g/mol. The number of hydrogen-bond donors (Lipinski definition) is 2. The lowest BCUT2D eigenvalue weighted by molar-refractivity contribution is 0.0743. The van der Waals surface area contributed by atoms with Crippen LogP contribution in [-0.2, 0) is 10.0 Å². The van der Waals surface area contributed by atoms with Crippen molar-refractivity contribution in [1.29, 1.82) is 0 Å². The maximum absolute atomic E-state index is 13.4. The van der Waals surface area contributed by atoms with Gasteiger partial charge >= 0.3 is 0 Å². The molecule has 1 amide bonds. The van der Waals surface area contributed by atoms with Gasteiger partial charge in [0.15, 0.2) is 0 Å². The van der Waals surface area contributed by atoms with E-state index in [9.17, 15) is 17.6 Å². The molecular weight excluding hydrogens is 463 g/mol. The number of fused-ring (bicyclic) bond motifs is 1. The molecule has 7 nitrogen and oxygen atoms in total. The minimum Gasteiger partial charge on any atom is -0.335 e. The fourth-order valence-corrected chi connectivity index (χ4v) is 5.50. The molecule has 0 spiro atoms. The lowest BCUT2D eigenvalue weighted by atomic mass is 10.0. The maximum Gasteiger partial charge on any atom is 0.264 e. The van der Waals surface area contributed by atoms with Gasteiger partial charge in [0.2, 0.25) is 0 Å². The molecule has 1 unspecified atom stereocenters. The highest BCUT2D eigenvalue weighted by atomic mass is 32.2. The van der Waals surface area contributed by atoms with E-state index in [0.717, 1.165) is 11.1 Å². The average Bonchev–Trinajstić information content (AvgIpc) is 3.27. The smallest absolute Gasteiger partial charge is 0.264 e. The van der Waals surface area contributed by atoms with E-state index in [-0.39, 0.29) is 33.9 Å². The highest BCUT2D eigenvalue weighted by molar-refractivity contribution is 7.97. The summed E-state index contributed by atoms with van der Waals surface area (Å²) < 4.78 is 47.0. The van der Waals surface area contributed by atoms with Crippen LogP contribution in [0.1, 0.15) is 34.5 Å². The van der Waals surface area contributed by atoms with E-state index in [4.69, 9.17) is 0 Å². The SMILES string of the molecule is Cc1ccc(C(=O)N(C)C(C)c2ccc(F)cc2)c(NS(=O)(=O)C2=CC=CN3SNC=C23)c1. The molecule has 10 heteroatoms. The quantitative estimate of drug-likeness (QED) is 0.588. The molecule has 2 aliphatic heterocycles. The van der Waals surface area contributed by atoms with Crippen LogP contribution in [0.2, 0.25) is 0 Å². The zero-order valence-electron chi connectivity index (χ0n) is 18.2. The molecule has 4 rings (SSSR count). The van der Waals surface area contributed by atoms with Crippen LogP contribution in [0.15, 0.2) is 77.6 Å². The summed E-state index contributed by atoms with van der Waals surface area (Å²) in [5, 5.41) is 0. The van der Waals surface area contributed by atoms with Gasteiger partial charge in [-0.3, -0.25) is 13.8 Å². The number of nitrogens with one attached hydrogen (secondary N) is 2. The third-order valence-electron chi connectivity index (χ3n) is 5.50. The van der Waals surface area contributed by atoms with Gasteiger partial charge in [-0.25, -0.2) is 12.8 Å². The van der Waals surface area contributed by atoms with E-state index < -0.39 is 10.0 Å². The van der Waals surface area contributed by atoms with Gasteiger partial charge in [0, 0.05) is 19.4 Å². The molecule has 0 radical (unpaired) electrons. The number of amides is 1. The molecule has 0 saturated heterocycles. The molecule has 0 bridgehead atoms. The maximum atomic E-state index is 13.4. The Morgan fingerprint density at radius 2 is 1.94 bits per heavy atom. The molecule has 1 atom stereocenters. The van der Waals surface area contributed by atoms with Crippen LogP contribution in [0, 0.1) is 12.7 Å². The third-order valence-corrected chi connectivity index (χ3v) is 7.65. The Bertz CT molecular complexity index is 1290. The number of carbonyl (C=O) groups is 1. The van der Waals surface area contributed by atoms with Crippen LogP contribution in [0.25, 0.3) is 0 Å². The first-order valence-electron chi connectivity index (χ1n) is 10.1. The Kier molecular flexibility index (Phi) is 6.22. The Hall–Kier alpha value is -3.24. The largest absolute Gasteiger partial charge is 0.335 e. The number of aryl methyl sites for hydroxylation is 1. The Morgan fingerprint density at radius 3 is 2.67 bits per heavy atom. The van der Waals surface area contributed by atoms with Crippen molar-refractivity contribution in [2.75, 3.05) is 11.8 Å². The van der Waals surface area contributed by atoms with Gasteiger partial charge < -0.3 is 9.62 Å². The van der Waals surface area contributed by atoms with Crippen LogP contribution in [0.3, 0.4) is 0 Å². The summed E-state index contributed by atoms with van der Waals surface area (Å²) in [5.74, 6) is -0.715. The highest BCUT2D eigenvalue weighted by Crippen LogP contribution is 2.34. The first-order valence-corrected chi connectivity index (χ1v) is 12.4. The first-order chi connectivity index (χ1) is 15.7. The number of anilines is 1. The fourth-order valence-electron chi connectivity index (χ4n) is 3.52. The van der Waals surface area contributed by atoms with E-state index in [1.807, 2.05) is 13.8 Å². The van der Waals surface area contributed by atoms with Crippen LogP contribution in [0.4, 0.5) is 10.1 Å². The lowest BCUT2D eigenvalue weighted by Gasteiger charge is -2.27. The predicted octanol–water partition coefficient (Wildman–Crippen LogP) is 4.43. The van der Waals surface area contributed by atoms with Gasteiger partial charge in [-0.05, 0) is 61.4 Å². The number of hydrogen-bond acceptors (Lipinski definition) is 6. The molecule has 2 aromatic carbocycles. The summed E-state index contributed by atoms with van der Waals surface area (Å²) >= 11 is 1.26. The number of nitrogens with zero attached hydrogens (tertiary/aromatic N) is 2. The molecule has 2 aliphatic rings. The molecule has 0 aromatic heterocycles. The van der Waals surface area contributed by atoms with Crippen molar-refractivity contribution in [2.45, 2.75) is 19.9 Å². The first kappa shape index (κ1) is 22.9. The van der Waals surface area contributed by atoms with Crippen molar-refractivity contribution in [3.05, 3.63) is 100 Å². The number of benzene rings is 2. The minimum atomic E-state index is -3.98. The second kappa shape index (κ2) is 8.95. The van der Waals surface area contributed by atoms with Crippen molar-refractivity contribution in [2.24, 2.45) is 0 Å². The Labute approximate surface area is 197 Å². The summed E-state index contributed by atoms with van der Waals surface area (Å²) in [5.41, 5.74) is 2.48. The summed E-state index contributed by atoms with van der Waals surface area (Å²) in [6.07, 6.45) is 6.52. The zero-order chi connectivity index (χ0) is 23.8. The summed E-state index contributed by atoms with van der Waals surface area (Å²) in [6.45, 7) is 3.65. The second-order valence-corrected chi connectivity index (χ2v) is 10.2. The predicted molar refractivity (Wildman–Crippen MR) is 129 cm³/mol. The van der Waals surface area contributed by atoms with Crippen LogP contribution >= 0.6 is 12.1 Å². The van der Waals surface area contributed by atoms with Gasteiger partial charge in [-0.15, -0.1) is 0 Å². The number of sulfonamides is 1. The second-order valence-electron chi connectivity index (χ2n) is 7.74. The molecular formula is C23H23FN4O3S2. The molecule has 2 N–H and O–H groups in total. The van der Waals surface area contributed by atoms with E-state index >= 15 is 0 Å². The Morgan fingerprint density at radius 1 is 1.21 bits per heavy atom. The lowest BCUT2D eigenvalue weighted by Crippen LogP contribution is -2.31. The van der Waals surface area contributed by atoms with Gasteiger partial charge in [0.25, 0.3) is 15.9 Å². The number of allylic oxidation sites excluding steroid dienone is 2. The van der Waals surface area contributed by atoms with Gasteiger partial charge in [0.1, 0.15) is 10.7 Å². The molecule has 0 aliphatic carbocycles. The average molecular weight is 487 g/mol. The van der Waals surface area contributed by atoms with E-state index in [1.54, 1.807) is 60.2 Å². The minimum absolute atomic E-state index is 0.0930. The summed E-state index contributed by atoms with van der Waals surface area (Å²) in [4.78, 5) is 15.0. The fraction of sp³-hybridized carbons (Fsp3) is 0.174. The highest BCUT2D eigenvalue weighted by Gasteiger charge is 2.31. The topological polar surface area (TPSA) is 81.8 Å². The van der Waals surface area contributed by atoms with Crippen LogP contribution < -0.4 is 9.44 Å². The van der Waals surface area contributed by atoms with Crippen molar-refractivity contribution < 1.29 is 17.6 Å². The van der Waals surface area contributed by atoms with Crippen LogP contribution in [0.5, 0.6) is 0 Å². The van der Waals surface area contributed by atoms with Crippen molar-refractivity contribution in [3.63, 3.8) is 0 Å². The number of rotatable bonds is 6. The molecule has 33 heavy (non-hydrogen) atoms. The third kappa shape index (κ3) is 4.62. The summed E-state index contributed by atoms with van der Waals surface area (Å²) in [7, 11) is -2.35. The molecule has 2 heterocycles. The molecule has 0 fully saturated rings. The Balaban J connectivity index is 1.64. The summed E-state index contributed by atoms with van der Waals surface area (Å²) in [6, 6.07) is 10.6. The number of halogens is 1. The van der Waals surface area contributed by atoms with Gasteiger partial charge in [0.05, 0.1) is 35.1 Å². The zero-order valence-corrected chi connectivity index (χ0v) is 19.9. The molecule has 2 aromatic rings. The van der Waals surface area contributed by atoms with E-state index in [1.165, 1.54) is 35.2 Å². The van der Waals surface area contributed by atoms with Gasteiger partial charge in [-0.1, -0.05) is 18.2 Å².